The molecule has 7 nitrogen and oxygen atoms in total. The molecule has 0 aromatic carbocycles. The lowest BCUT2D eigenvalue weighted by Gasteiger charge is -2.09. The first-order chi connectivity index (χ1) is 13.1. The molecular weight excluding hydrogens is 605 g/mol. The smallest absolute Gasteiger partial charge is 0.217 e. The molecular formula is C16H4Br3Cl2N5O2. The molecule has 3 aliphatic rings. The maximum Gasteiger partial charge on any atom is 0.217 e. The molecule has 12 heteroatoms. The van der Waals surface area contributed by atoms with Gasteiger partial charge < -0.3 is 0 Å². The zero-order chi connectivity index (χ0) is 21.2. The molecule has 0 N–H and O–H groups in total. The number of carbonyl (C=O) groups excluding carboxylic acids is 2. The Morgan fingerprint density at radius 2 is 1.29 bits per heavy atom. The van der Waals surface area contributed by atoms with Crippen LogP contribution in [0.1, 0.15) is 6.92 Å². The van der Waals surface area contributed by atoms with Crippen LogP contribution in [-0.4, -0.2) is 31.1 Å². The summed E-state index contributed by atoms with van der Waals surface area (Å²) in [5, 5.41) is 7.68. The minimum atomic E-state index is -0.813. The molecule has 0 amide bonds. The van der Waals surface area contributed by atoms with Crippen molar-refractivity contribution in [3.63, 3.8) is 0 Å². The van der Waals surface area contributed by atoms with Crippen molar-refractivity contribution in [3.8, 4) is 18.4 Å². The molecule has 0 unspecified atom stereocenters. The first kappa shape index (κ1) is 22.6. The van der Waals surface area contributed by atoms with Gasteiger partial charge in [-0.15, -0.1) is 6.42 Å². The van der Waals surface area contributed by atoms with Crippen LogP contribution >= 0.6 is 71.0 Å². The number of halogens is 5. The molecule has 0 bridgehead atoms. The Morgan fingerprint density at radius 1 is 0.857 bits per heavy atom. The summed E-state index contributed by atoms with van der Waals surface area (Å²) < 4.78 is 2.04. The van der Waals surface area contributed by atoms with E-state index in [2.05, 4.69) is 67.8 Å². The first-order valence-electron chi connectivity index (χ1n) is 6.90. The van der Waals surface area contributed by atoms with Gasteiger partial charge in [0, 0.05) is 0 Å². The van der Waals surface area contributed by atoms with Crippen LogP contribution < -0.4 is 0 Å². The maximum absolute atomic E-state index is 11.3. The van der Waals surface area contributed by atoms with Crippen molar-refractivity contribution < 1.29 is 9.59 Å². The number of ketones is 2. The minimum Gasteiger partial charge on any atom is -0.287 e. The Balaban J connectivity index is 0.000000200. The molecule has 0 spiro atoms. The molecule has 0 radical (unpaired) electrons. The van der Waals surface area contributed by atoms with Crippen LogP contribution in [-0.2, 0) is 9.59 Å². The number of aliphatic imine (C=N–C) groups is 4. The Labute approximate surface area is 194 Å². The molecule has 28 heavy (non-hydrogen) atoms. The second-order valence-electron chi connectivity index (χ2n) is 4.84. The van der Waals surface area contributed by atoms with Crippen molar-refractivity contribution >= 4 is 102 Å². The molecule has 0 aromatic rings. The third-order valence-corrected chi connectivity index (χ3v) is 6.31. The van der Waals surface area contributed by atoms with Gasteiger partial charge in [-0.3, -0.25) is 9.59 Å². The number of carbonyl (C=O) groups is 2. The summed E-state index contributed by atoms with van der Waals surface area (Å²) in [5.74, 6) is 1.40. The van der Waals surface area contributed by atoms with Gasteiger partial charge in [0.1, 0.15) is 35.6 Å². The molecule has 2 heterocycles. The topological polar surface area (TPSA) is 107 Å². The molecule has 0 saturated heterocycles. The number of nitrogens with zero attached hydrogens (tertiary/aromatic N) is 5. The van der Waals surface area contributed by atoms with E-state index >= 15 is 0 Å². The van der Waals surface area contributed by atoms with Crippen molar-refractivity contribution in [1.82, 2.24) is 0 Å². The van der Waals surface area contributed by atoms with E-state index in [1.54, 1.807) is 0 Å². The lowest BCUT2D eigenvalue weighted by atomic mass is 9.96. The Bertz CT molecular complexity index is 1000. The van der Waals surface area contributed by atoms with E-state index in [-0.39, 0.29) is 5.57 Å². The fraction of sp³-hybridized carbons (Fsp3) is 0.0625. The quantitative estimate of drug-likeness (QED) is 0.303. The van der Waals surface area contributed by atoms with Crippen LogP contribution in [0.15, 0.2) is 52.8 Å². The third kappa shape index (κ3) is 4.48. The number of hydrogen-bond acceptors (Lipinski definition) is 7. The van der Waals surface area contributed by atoms with Crippen LogP contribution in [0.25, 0.3) is 0 Å². The van der Waals surface area contributed by atoms with Gasteiger partial charge >= 0.3 is 0 Å². The van der Waals surface area contributed by atoms with Gasteiger partial charge in [-0.25, -0.2) is 20.0 Å². The maximum atomic E-state index is 11.3. The Hall–Kier alpha value is -1.69. The van der Waals surface area contributed by atoms with Crippen molar-refractivity contribution in [2.24, 2.45) is 20.0 Å². The molecule has 0 fully saturated rings. The SMILES string of the molecule is C#CC1=C(C#N)C(=O)C(Cl)=C(Cl)C1=O.CC1=NC(=C2N=C(Br)C(Br)=N2)N=C1Br. The minimum absolute atomic E-state index is 0.341. The van der Waals surface area contributed by atoms with Crippen LogP contribution in [0.5, 0.6) is 0 Å². The van der Waals surface area contributed by atoms with Crippen LogP contribution in [0.3, 0.4) is 0 Å². The molecule has 140 valence electrons. The van der Waals surface area contributed by atoms with E-state index in [0.717, 1.165) is 10.3 Å². The van der Waals surface area contributed by atoms with Crippen molar-refractivity contribution in [2.75, 3.05) is 0 Å². The van der Waals surface area contributed by atoms with E-state index < -0.39 is 27.2 Å². The first-order valence-corrected chi connectivity index (χ1v) is 10.0. The lowest BCUT2D eigenvalue weighted by molar-refractivity contribution is -0.115. The predicted octanol–water partition coefficient (Wildman–Crippen LogP) is 4.26. The summed E-state index contributed by atoms with van der Waals surface area (Å²) >= 11 is 20.7. The fourth-order valence-corrected chi connectivity index (χ4v) is 2.93. The lowest BCUT2D eigenvalue weighted by Crippen LogP contribution is -2.18. The molecule has 0 atom stereocenters. The van der Waals surface area contributed by atoms with Gasteiger partial charge in [-0.2, -0.15) is 5.26 Å². The summed E-state index contributed by atoms with van der Waals surface area (Å²) in [4.78, 5) is 39.3. The summed E-state index contributed by atoms with van der Waals surface area (Å²) in [6.07, 6.45) is 4.97. The van der Waals surface area contributed by atoms with Crippen molar-refractivity contribution in [1.29, 1.82) is 5.26 Å². The van der Waals surface area contributed by atoms with Gasteiger partial charge in [0.05, 0.1) is 11.3 Å². The molecule has 3 rings (SSSR count). The number of allylic oxidation sites excluding steroid dienone is 4. The van der Waals surface area contributed by atoms with E-state index in [0.29, 0.717) is 20.9 Å². The fourth-order valence-electron chi connectivity index (χ4n) is 1.80. The zero-order valence-electron chi connectivity index (χ0n) is 13.5. The number of rotatable bonds is 0. The largest absolute Gasteiger partial charge is 0.287 e. The van der Waals surface area contributed by atoms with Gasteiger partial charge in [0.2, 0.25) is 11.6 Å². The summed E-state index contributed by atoms with van der Waals surface area (Å²) in [6.45, 7) is 1.87. The second-order valence-corrected chi connectivity index (χ2v) is 7.85. The monoisotopic (exact) mass is 605 g/mol. The molecule has 1 aliphatic carbocycles. The highest BCUT2D eigenvalue weighted by molar-refractivity contribution is 9.25. The second kappa shape index (κ2) is 9.21. The van der Waals surface area contributed by atoms with Gasteiger partial charge in [0.25, 0.3) is 0 Å². The highest BCUT2D eigenvalue weighted by atomic mass is 79.9. The van der Waals surface area contributed by atoms with E-state index in [9.17, 15) is 9.59 Å². The third-order valence-electron chi connectivity index (χ3n) is 3.11. The Kier molecular flexibility index (Phi) is 7.43. The average molecular weight is 609 g/mol. The highest BCUT2D eigenvalue weighted by Gasteiger charge is 2.32. The number of nitriles is 1. The summed E-state index contributed by atoms with van der Waals surface area (Å²) in [7, 11) is 0. The van der Waals surface area contributed by atoms with E-state index in [1.165, 1.54) is 6.07 Å². The summed E-state index contributed by atoms with van der Waals surface area (Å²) in [6, 6.07) is 1.53. The van der Waals surface area contributed by atoms with Crippen molar-refractivity contribution in [3.05, 3.63) is 32.9 Å². The van der Waals surface area contributed by atoms with Gasteiger partial charge in [-0.1, -0.05) is 29.1 Å². The number of hydrogen-bond donors (Lipinski definition) is 0. The van der Waals surface area contributed by atoms with Gasteiger partial charge in [-0.05, 0) is 54.7 Å². The predicted molar refractivity (Wildman–Crippen MR) is 119 cm³/mol. The number of Topliss-reactive ketones (excluding diaryl/α,β-unsaturated/α-hetero) is 2. The van der Waals surface area contributed by atoms with Crippen LogP contribution in [0.4, 0.5) is 0 Å². The average Bonchev–Trinajstić information content (AvgIpc) is 3.18. The zero-order valence-corrected chi connectivity index (χ0v) is 19.8. The molecule has 0 aromatic heterocycles. The standard InChI is InChI=1S/C9HCl2NO2.C7H3Br3N4/c1-2-4-5(3-12)9(14)7(11)6(10)8(4)13;1-2-3(8)12-6(11-2)7-13-4(9)5(10)14-7/h1H;1H3. The summed E-state index contributed by atoms with van der Waals surface area (Å²) in [5.41, 5.74) is 0.0517. The van der Waals surface area contributed by atoms with Crippen LogP contribution in [0, 0.1) is 23.7 Å². The molecule has 0 saturated carbocycles. The Morgan fingerprint density at radius 3 is 1.68 bits per heavy atom. The van der Waals surface area contributed by atoms with Gasteiger partial charge in [0.15, 0.2) is 11.6 Å². The normalized spacial score (nSPS) is 18.9. The van der Waals surface area contributed by atoms with E-state index in [1.807, 2.05) is 12.8 Å². The number of terminal acetylenes is 1. The van der Waals surface area contributed by atoms with E-state index in [4.69, 9.17) is 34.9 Å². The van der Waals surface area contributed by atoms with Crippen molar-refractivity contribution in [2.45, 2.75) is 6.92 Å². The molecule has 2 aliphatic heterocycles. The van der Waals surface area contributed by atoms with Crippen LogP contribution in [0.2, 0.25) is 0 Å². The highest BCUT2D eigenvalue weighted by Crippen LogP contribution is 2.28.